The molecule has 0 spiro atoms. The highest BCUT2D eigenvalue weighted by Gasteiger charge is 2.38. The number of rotatable bonds is 8. The van der Waals surface area contributed by atoms with Crippen LogP contribution >= 0.6 is 34.8 Å². The van der Waals surface area contributed by atoms with Gasteiger partial charge in [0.15, 0.2) is 0 Å². The van der Waals surface area contributed by atoms with E-state index in [0.29, 0.717) is 32.7 Å². The average molecular weight is 538 g/mol. The zero-order chi connectivity index (χ0) is 25.0. The van der Waals surface area contributed by atoms with Crippen LogP contribution in [0.3, 0.4) is 0 Å². The lowest BCUT2D eigenvalue weighted by Crippen LogP contribution is -2.40. The summed E-state index contributed by atoms with van der Waals surface area (Å²) in [5.41, 5.74) is 1.24. The van der Waals surface area contributed by atoms with Crippen LogP contribution < -0.4 is 5.32 Å². The Morgan fingerprint density at radius 1 is 1.15 bits per heavy atom. The summed E-state index contributed by atoms with van der Waals surface area (Å²) in [7, 11) is 1.70. The largest absolute Gasteiger partial charge is 0.471 e. The van der Waals surface area contributed by atoms with E-state index in [9.17, 15) is 18.0 Å². The maximum Gasteiger partial charge on any atom is 0.471 e. The van der Waals surface area contributed by atoms with Gasteiger partial charge in [-0.25, -0.2) is 0 Å². The van der Waals surface area contributed by atoms with Crippen LogP contribution in [0.1, 0.15) is 28.7 Å². The SMILES string of the molecule is CC(CN(C)OCc1cc(Cl)c(Cl)cc1Cl)NC(=O)c1ccc(-c2noc(C(F)(F)F)n2)cc1. The Hall–Kier alpha value is -2.37. The van der Waals surface area contributed by atoms with Gasteiger partial charge in [0.05, 0.1) is 16.7 Å². The summed E-state index contributed by atoms with van der Waals surface area (Å²) in [6.07, 6.45) is -4.73. The number of aromatic nitrogens is 2. The molecular formula is C21H18Cl3F3N4O3. The lowest BCUT2D eigenvalue weighted by atomic mass is 10.1. The van der Waals surface area contributed by atoms with E-state index < -0.39 is 12.1 Å². The van der Waals surface area contributed by atoms with E-state index in [1.807, 2.05) is 0 Å². The van der Waals surface area contributed by atoms with Gasteiger partial charge in [0.2, 0.25) is 5.82 Å². The minimum absolute atomic E-state index is 0.153. The third-order valence-corrected chi connectivity index (χ3v) is 5.59. The Bertz CT molecular complexity index is 1160. The molecule has 13 heteroatoms. The zero-order valence-corrected chi connectivity index (χ0v) is 20.1. The highest BCUT2D eigenvalue weighted by molar-refractivity contribution is 6.43. The molecule has 0 aliphatic carbocycles. The van der Waals surface area contributed by atoms with Gasteiger partial charge in [-0.2, -0.15) is 23.2 Å². The monoisotopic (exact) mass is 536 g/mol. The van der Waals surface area contributed by atoms with Crippen LogP contribution in [0, 0.1) is 0 Å². The molecule has 34 heavy (non-hydrogen) atoms. The quantitative estimate of drug-likeness (QED) is 0.285. The fourth-order valence-electron chi connectivity index (χ4n) is 2.87. The van der Waals surface area contributed by atoms with Gasteiger partial charge in [-0.3, -0.25) is 9.63 Å². The highest BCUT2D eigenvalue weighted by Crippen LogP contribution is 2.30. The van der Waals surface area contributed by atoms with Gasteiger partial charge in [-0.1, -0.05) is 52.1 Å². The molecule has 182 valence electrons. The van der Waals surface area contributed by atoms with Gasteiger partial charge >= 0.3 is 12.1 Å². The van der Waals surface area contributed by atoms with E-state index >= 15 is 0 Å². The summed E-state index contributed by atoms with van der Waals surface area (Å²) in [4.78, 5) is 21.5. The Kier molecular flexibility index (Phi) is 8.43. The number of alkyl halides is 3. The van der Waals surface area contributed by atoms with Crippen molar-refractivity contribution in [2.75, 3.05) is 13.6 Å². The predicted molar refractivity (Wildman–Crippen MR) is 121 cm³/mol. The first-order valence-corrected chi connectivity index (χ1v) is 10.9. The maximum absolute atomic E-state index is 12.6. The standard InChI is InChI=1S/C21H18Cl3F3N4O3/c1-11(9-31(2)33-10-14-7-16(23)17(24)8-15(14)22)28-19(32)13-5-3-12(4-6-13)18-29-20(34-30-18)21(25,26)27/h3-8,11H,9-10H2,1-2H3,(H,28,32). The Morgan fingerprint density at radius 2 is 1.79 bits per heavy atom. The first-order valence-electron chi connectivity index (χ1n) is 9.73. The molecule has 0 aliphatic rings. The number of nitrogens with zero attached hydrogens (tertiary/aromatic N) is 3. The number of hydrogen-bond donors (Lipinski definition) is 1. The van der Waals surface area contributed by atoms with Crippen molar-refractivity contribution in [3.8, 4) is 11.4 Å². The minimum Gasteiger partial charge on any atom is -0.348 e. The lowest BCUT2D eigenvalue weighted by molar-refractivity contribution is -0.159. The van der Waals surface area contributed by atoms with Crippen LogP contribution in [0.4, 0.5) is 13.2 Å². The van der Waals surface area contributed by atoms with Crippen LogP contribution in [-0.2, 0) is 17.6 Å². The van der Waals surface area contributed by atoms with Crippen molar-refractivity contribution in [1.29, 1.82) is 0 Å². The van der Waals surface area contributed by atoms with Gasteiger partial charge in [-0.15, -0.1) is 0 Å². The first-order chi connectivity index (χ1) is 15.9. The van der Waals surface area contributed by atoms with E-state index in [1.54, 1.807) is 25.1 Å². The Labute approximate surface area is 207 Å². The Morgan fingerprint density at radius 3 is 2.41 bits per heavy atom. The topological polar surface area (TPSA) is 80.5 Å². The van der Waals surface area contributed by atoms with E-state index in [4.69, 9.17) is 39.6 Å². The molecule has 0 bridgehead atoms. The molecule has 0 radical (unpaired) electrons. The van der Waals surface area contributed by atoms with E-state index in [0.717, 1.165) is 0 Å². The number of carbonyl (C=O) groups excluding carboxylic acids is 1. The Balaban J connectivity index is 1.52. The predicted octanol–water partition coefficient (Wildman–Crippen LogP) is 5.90. The molecule has 1 aromatic heterocycles. The number of nitrogens with one attached hydrogen (secondary N) is 1. The molecule has 0 saturated heterocycles. The van der Waals surface area contributed by atoms with Gasteiger partial charge in [0, 0.05) is 35.8 Å². The summed E-state index contributed by atoms with van der Waals surface area (Å²) < 4.78 is 42.0. The number of halogens is 6. The minimum atomic E-state index is -4.73. The smallest absolute Gasteiger partial charge is 0.348 e. The van der Waals surface area contributed by atoms with Crippen LogP contribution in [0.25, 0.3) is 11.4 Å². The van der Waals surface area contributed by atoms with Crippen LogP contribution in [-0.4, -0.2) is 40.7 Å². The van der Waals surface area contributed by atoms with Gasteiger partial charge < -0.3 is 9.84 Å². The van der Waals surface area contributed by atoms with Crippen LogP contribution in [0.2, 0.25) is 15.1 Å². The molecule has 7 nitrogen and oxygen atoms in total. The van der Waals surface area contributed by atoms with Gasteiger partial charge in [0.25, 0.3) is 5.91 Å². The number of carbonyl (C=O) groups is 1. The van der Waals surface area contributed by atoms with Crippen molar-refractivity contribution in [3.05, 3.63) is 68.5 Å². The second-order valence-corrected chi connectivity index (χ2v) is 8.54. The lowest BCUT2D eigenvalue weighted by Gasteiger charge is -2.22. The zero-order valence-electron chi connectivity index (χ0n) is 17.8. The van der Waals surface area contributed by atoms with Crippen LogP contribution in [0.5, 0.6) is 0 Å². The maximum atomic E-state index is 12.6. The molecule has 1 heterocycles. The third kappa shape index (κ3) is 6.83. The number of amides is 1. The van der Waals surface area contributed by atoms with Gasteiger partial charge in [0.1, 0.15) is 0 Å². The second-order valence-electron chi connectivity index (χ2n) is 7.31. The number of hydroxylamine groups is 2. The molecule has 1 N–H and O–H groups in total. The van der Waals surface area contributed by atoms with Crippen molar-refractivity contribution in [3.63, 3.8) is 0 Å². The summed E-state index contributed by atoms with van der Waals surface area (Å²) in [5.74, 6) is -2.04. The molecule has 0 saturated carbocycles. The molecule has 0 fully saturated rings. The summed E-state index contributed by atoms with van der Waals surface area (Å²) >= 11 is 18.1. The van der Waals surface area contributed by atoms with E-state index in [1.165, 1.54) is 30.3 Å². The number of benzene rings is 2. The van der Waals surface area contributed by atoms with Crippen LogP contribution in [0.15, 0.2) is 40.9 Å². The van der Waals surface area contributed by atoms with Crippen molar-refractivity contribution in [2.24, 2.45) is 0 Å². The first kappa shape index (κ1) is 26.2. The molecule has 1 unspecified atom stereocenters. The molecule has 3 rings (SSSR count). The van der Waals surface area contributed by atoms with Crippen molar-refractivity contribution < 1.29 is 27.3 Å². The van der Waals surface area contributed by atoms with Crippen molar-refractivity contribution in [1.82, 2.24) is 20.5 Å². The normalized spacial score (nSPS) is 12.7. The van der Waals surface area contributed by atoms with Crippen molar-refractivity contribution in [2.45, 2.75) is 25.7 Å². The molecule has 0 aliphatic heterocycles. The average Bonchev–Trinajstić information content (AvgIpc) is 3.26. The fraction of sp³-hybridized carbons (Fsp3) is 0.286. The molecule has 1 amide bonds. The van der Waals surface area contributed by atoms with Gasteiger partial charge in [-0.05, 0) is 36.8 Å². The number of likely N-dealkylation sites (N-methyl/N-ethyl adjacent to an activating group) is 1. The van der Waals surface area contributed by atoms with Crippen molar-refractivity contribution >= 4 is 40.7 Å². The van der Waals surface area contributed by atoms with E-state index in [2.05, 4.69) is 20.0 Å². The molecular weight excluding hydrogens is 520 g/mol. The van der Waals surface area contributed by atoms with E-state index in [-0.39, 0.29) is 29.9 Å². The molecule has 1 atom stereocenters. The summed E-state index contributed by atoms with van der Waals surface area (Å²) in [5, 5.41) is 8.79. The molecule has 3 aromatic rings. The number of hydrogen-bond acceptors (Lipinski definition) is 6. The fourth-order valence-corrected chi connectivity index (χ4v) is 3.50. The molecule has 2 aromatic carbocycles. The third-order valence-electron chi connectivity index (χ3n) is 4.51. The second kappa shape index (κ2) is 10.9. The summed E-state index contributed by atoms with van der Waals surface area (Å²) in [6.45, 7) is 2.29. The highest BCUT2D eigenvalue weighted by atomic mass is 35.5. The summed E-state index contributed by atoms with van der Waals surface area (Å²) in [6, 6.07) is 8.62.